The quantitative estimate of drug-likeness (QED) is 0.878. The zero-order valence-electron chi connectivity index (χ0n) is 9.94. The Morgan fingerprint density at radius 3 is 2.94 bits per heavy atom. The van der Waals surface area contributed by atoms with E-state index in [1.807, 2.05) is 0 Å². The van der Waals surface area contributed by atoms with E-state index in [1.54, 1.807) is 6.26 Å². The average molecular weight is 228 g/mol. The molecule has 0 amide bonds. The molecule has 1 aromatic heterocycles. The summed E-state index contributed by atoms with van der Waals surface area (Å²) in [7, 11) is 0. The molecule has 0 unspecified atom stereocenters. The first-order chi connectivity index (χ1) is 8.28. The minimum absolute atomic E-state index is 0.558. The Morgan fingerprint density at radius 2 is 2.24 bits per heavy atom. The molecule has 17 heavy (non-hydrogen) atoms. The Bertz CT molecular complexity index is 541. The van der Waals surface area contributed by atoms with Gasteiger partial charge in [0, 0.05) is 18.0 Å². The van der Waals surface area contributed by atoms with Crippen LogP contribution in [0.2, 0.25) is 0 Å². The summed E-state index contributed by atoms with van der Waals surface area (Å²) in [6.07, 6.45) is 4.17. The molecule has 2 aromatic rings. The van der Waals surface area contributed by atoms with E-state index >= 15 is 0 Å². The number of nitrogens with zero attached hydrogens (tertiary/aromatic N) is 1. The van der Waals surface area contributed by atoms with Crippen molar-refractivity contribution in [1.82, 2.24) is 4.98 Å². The van der Waals surface area contributed by atoms with Gasteiger partial charge in [0.2, 0.25) is 0 Å². The predicted octanol–water partition coefficient (Wildman–Crippen LogP) is 2.99. The molecule has 1 aliphatic carbocycles. The van der Waals surface area contributed by atoms with Gasteiger partial charge in [-0.25, -0.2) is 4.98 Å². The number of aryl methyl sites for hydroxylation is 1. The molecule has 2 N–H and O–H groups in total. The number of oxazole rings is 1. The molecule has 1 aromatic carbocycles. The number of nitrogens with two attached hydrogens (primary N) is 1. The lowest BCUT2D eigenvalue weighted by Crippen LogP contribution is -1.99. The fraction of sp³-hybridized carbons (Fsp3) is 0.357. The number of aromatic nitrogens is 1. The highest BCUT2D eigenvalue weighted by atomic mass is 16.3. The van der Waals surface area contributed by atoms with Crippen molar-refractivity contribution < 1.29 is 4.42 Å². The smallest absolute Gasteiger partial charge is 0.197 e. The van der Waals surface area contributed by atoms with Crippen molar-refractivity contribution in [3.63, 3.8) is 0 Å². The van der Waals surface area contributed by atoms with E-state index in [1.165, 1.54) is 24.0 Å². The molecule has 0 spiro atoms. The topological polar surface area (TPSA) is 52.0 Å². The third-order valence-corrected chi connectivity index (χ3v) is 3.31. The second-order valence-corrected chi connectivity index (χ2v) is 4.69. The van der Waals surface area contributed by atoms with E-state index in [4.69, 9.17) is 10.2 Å². The van der Waals surface area contributed by atoms with Gasteiger partial charge < -0.3 is 10.2 Å². The van der Waals surface area contributed by atoms with E-state index in [0.717, 1.165) is 17.1 Å². The monoisotopic (exact) mass is 228 g/mol. The maximum Gasteiger partial charge on any atom is 0.197 e. The van der Waals surface area contributed by atoms with Gasteiger partial charge in [0.25, 0.3) is 0 Å². The Morgan fingerprint density at radius 1 is 1.41 bits per heavy atom. The highest BCUT2D eigenvalue weighted by molar-refractivity contribution is 5.60. The van der Waals surface area contributed by atoms with E-state index in [2.05, 4.69) is 30.1 Å². The molecular weight excluding hydrogens is 212 g/mol. The standard InChI is InChI=1S/C14H16N2O/c1-9-2-3-11(6-12(9)7-15)13-8-17-14(16-13)10-4-5-10/h2-3,6,8,10H,4-5,7,15H2,1H3. The lowest BCUT2D eigenvalue weighted by molar-refractivity contribution is 0.497. The molecule has 1 heterocycles. The van der Waals surface area contributed by atoms with Gasteiger partial charge in [-0.3, -0.25) is 0 Å². The molecule has 1 saturated carbocycles. The Balaban J connectivity index is 1.96. The van der Waals surface area contributed by atoms with Gasteiger partial charge in [0.15, 0.2) is 5.89 Å². The minimum atomic E-state index is 0.558. The maximum absolute atomic E-state index is 5.72. The Labute approximate surface area is 101 Å². The third-order valence-electron chi connectivity index (χ3n) is 3.31. The Kier molecular flexibility index (Phi) is 2.48. The fourth-order valence-corrected chi connectivity index (χ4v) is 1.99. The largest absolute Gasteiger partial charge is 0.448 e. The molecule has 0 saturated heterocycles. The second-order valence-electron chi connectivity index (χ2n) is 4.69. The number of rotatable bonds is 3. The first-order valence-electron chi connectivity index (χ1n) is 6.03. The highest BCUT2D eigenvalue weighted by Crippen LogP contribution is 2.40. The van der Waals surface area contributed by atoms with Gasteiger partial charge >= 0.3 is 0 Å². The van der Waals surface area contributed by atoms with Crippen LogP contribution in [0, 0.1) is 6.92 Å². The normalized spacial score (nSPS) is 15.2. The molecule has 3 rings (SSSR count). The van der Waals surface area contributed by atoms with Crippen molar-refractivity contribution in [2.45, 2.75) is 32.2 Å². The molecule has 0 atom stereocenters. The second kappa shape index (κ2) is 4.00. The summed E-state index contributed by atoms with van der Waals surface area (Å²) >= 11 is 0. The summed E-state index contributed by atoms with van der Waals surface area (Å²) in [5, 5.41) is 0. The molecular formula is C14H16N2O. The molecule has 0 radical (unpaired) electrons. The van der Waals surface area contributed by atoms with Gasteiger partial charge in [-0.05, 0) is 37.0 Å². The third kappa shape index (κ3) is 1.98. The summed E-state index contributed by atoms with van der Waals surface area (Å²) in [5.74, 6) is 1.44. The molecule has 0 bridgehead atoms. The van der Waals surface area contributed by atoms with Crippen molar-refractivity contribution in [3.05, 3.63) is 41.5 Å². The number of hydrogen-bond acceptors (Lipinski definition) is 3. The van der Waals surface area contributed by atoms with Crippen molar-refractivity contribution in [3.8, 4) is 11.3 Å². The number of hydrogen-bond donors (Lipinski definition) is 1. The van der Waals surface area contributed by atoms with E-state index in [9.17, 15) is 0 Å². The molecule has 88 valence electrons. The summed E-state index contributed by atoms with van der Waals surface area (Å²) in [6, 6.07) is 6.26. The SMILES string of the molecule is Cc1ccc(-c2coc(C3CC3)n2)cc1CN. The zero-order chi connectivity index (χ0) is 11.8. The number of benzene rings is 1. The molecule has 3 nitrogen and oxygen atoms in total. The molecule has 1 fully saturated rings. The van der Waals surface area contributed by atoms with Crippen LogP contribution in [0.25, 0.3) is 11.3 Å². The summed E-state index contributed by atoms with van der Waals surface area (Å²) in [4.78, 5) is 4.54. The van der Waals surface area contributed by atoms with Crippen molar-refractivity contribution in [1.29, 1.82) is 0 Å². The maximum atomic E-state index is 5.72. The lowest BCUT2D eigenvalue weighted by atomic mass is 10.0. The van der Waals surface area contributed by atoms with Gasteiger partial charge in [-0.15, -0.1) is 0 Å². The van der Waals surface area contributed by atoms with Crippen molar-refractivity contribution in [2.24, 2.45) is 5.73 Å². The average Bonchev–Trinajstić information content (AvgIpc) is 3.08. The Hall–Kier alpha value is -1.61. The summed E-state index contributed by atoms with van der Waals surface area (Å²) in [5.41, 5.74) is 10.1. The van der Waals surface area contributed by atoms with Crippen LogP contribution in [-0.2, 0) is 6.54 Å². The van der Waals surface area contributed by atoms with Crippen molar-refractivity contribution in [2.75, 3.05) is 0 Å². The van der Waals surface area contributed by atoms with E-state index in [0.29, 0.717) is 12.5 Å². The predicted molar refractivity (Wildman–Crippen MR) is 66.5 cm³/mol. The fourth-order valence-electron chi connectivity index (χ4n) is 1.99. The van der Waals surface area contributed by atoms with E-state index in [-0.39, 0.29) is 0 Å². The van der Waals surface area contributed by atoms with Crippen LogP contribution in [0.4, 0.5) is 0 Å². The van der Waals surface area contributed by atoms with Crippen LogP contribution < -0.4 is 5.73 Å². The lowest BCUT2D eigenvalue weighted by Gasteiger charge is -2.04. The molecule has 0 aliphatic heterocycles. The van der Waals surface area contributed by atoms with Gasteiger partial charge in [-0.2, -0.15) is 0 Å². The van der Waals surface area contributed by atoms with Crippen LogP contribution in [0.15, 0.2) is 28.9 Å². The molecule has 3 heteroatoms. The van der Waals surface area contributed by atoms with Crippen LogP contribution in [0.5, 0.6) is 0 Å². The van der Waals surface area contributed by atoms with Crippen LogP contribution in [0.3, 0.4) is 0 Å². The first kappa shape index (κ1) is 10.5. The van der Waals surface area contributed by atoms with Gasteiger partial charge in [0.1, 0.15) is 12.0 Å². The van der Waals surface area contributed by atoms with Crippen LogP contribution in [0.1, 0.15) is 35.8 Å². The van der Waals surface area contributed by atoms with Gasteiger partial charge in [0.05, 0.1) is 0 Å². The van der Waals surface area contributed by atoms with E-state index < -0.39 is 0 Å². The minimum Gasteiger partial charge on any atom is -0.448 e. The highest BCUT2D eigenvalue weighted by Gasteiger charge is 2.28. The van der Waals surface area contributed by atoms with Crippen LogP contribution in [-0.4, -0.2) is 4.98 Å². The van der Waals surface area contributed by atoms with Crippen LogP contribution >= 0.6 is 0 Å². The first-order valence-corrected chi connectivity index (χ1v) is 6.03. The summed E-state index contributed by atoms with van der Waals surface area (Å²) < 4.78 is 5.50. The zero-order valence-corrected chi connectivity index (χ0v) is 9.94. The summed E-state index contributed by atoms with van der Waals surface area (Å²) in [6.45, 7) is 2.64. The van der Waals surface area contributed by atoms with Crippen molar-refractivity contribution >= 4 is 0 Å². The van der Waals surface area contributed by atoms with Gasteiger partial charge in [-0.1, -0.05) is 12.1 Å². The molecule has 1 aliphatic rings.